The zero-order valence-electron chi connectivity index (χ0n) is 15.1. The van der Waals surface area contributed by atoms with Crippen LogP contribution >= 0.6 is 0 Å². The van der Waals surface area contributed by atoms with Gasteiger partial charge in [-0.1, -0.05) is 0 Å². The van der Waals surface area contributed by atoms with Crippen LogP contribution in [-0.2, 0) is 22.4 Å². The van der Waals surface area contributed by atoms with E-state index in [0.717, 1.165) is 28.4 Å². The zero-order valence-corrected chi connectivity index (χ0v) is 15.1. The van der Waals surface area contributed by atoms with Crippen LogP contribution in [0.3, 0.4) is 0 Å². The molecule has 12 heteroatoms. The predicted octanol–water partition coefficient (Wildman–Crippen LogP) is 3.07. The van der Waals surface area contributed by atoms with Crippen LogP contribution in [0, 0.1) is 0 Å². The number of ketones is 2. The normalized spacial score (nSPS) is 11.8. The minimum Gasteiger partial charge on any atom is -0.492 e. The van der Waals surface area contributed by atoms with Crippen LogP contribution in [0.4, 0.5) is 26.3 Å². The molecule has 0 aliphatic rings. The molecule has 0 bridgehead atoms. The SMILES string of the molecule is COc1c(CC(=O)C(F)(F)F)c(OC)c(OC)c(CC(=O)C(F)(F)F)c1OC. The van der Waals surface area contributed by atoms with Gasteiger partial charge in [-0.3, -0.25) is 9.59 Å². The molecule has 1 aromatic carbocycles. The lowest BCUT2D eigenvalue weighted by Crippen LogP contribution is -2.26. The van der Waals surface area contributed by atoms with Gasteiger partial charge >= 0.3 is 12.4 Å². The summed E-state index contributed by atoms with van der Waals surface area (Å²) in [4.78, 5) is 22.9. The van der Waals surface area contributed by atoms with E-state index in [1.54, 1.807) is 0 Å². The maximum absolute atomic E-state index is 12.7. The second-order valence-electron chi connectivity index (χ2n) is 5.29. The number of methoxy groups -OCH3 is 4. The van der Waals surface area contributed by atoms with E-state index in [9.17, 15) is 35.9 Å². The molecule has 6 nitrogen and oxygen atoms in total. The van der Waals surface area contributed by atoms with Crippen LogP contribution in [0.1, 0.15) is 11.1 Å². The fraction of sp³-hybridized carbons (Fsp3) is 0.500. The van der Waals surface area contributed by atoms with Gasteiger partial charge in [-0.25, -0.2) is 0 Å². The lowest BCUT2D eigenvalue weighted by Gasteiger charge is -2.23. The Morgan fingerprint density at radius 1 is 0.607 bits per heavy atom. The number of carbonyl (C=O) groups excluding carboxylic acids is 2. The molecule has 158 valence electrons. The van der Waals surface area contributed by atoms with Crippen molar-refractivity contribution in [3.63, 3.8) is 0 Å². The third-order valence-corrected chi connectivity index (χ3v) is 3.63. The molecule has 0 saturated heterocycles. The van der Waals surface area contributed by atoms with Gasteiger partial charge in [-0.05, 0) is 0 Å². The van der Waals surface area contributed by atoms with E-state index in [1.807, 2.05) is 0 Å². The fourth-order valence-corrected chi connectivity index (χ4v) is 2.46. The average Bonchev–Trinajstić information content (AvgIpc) is 2.59. The maximum Gasteiger partial charge on any atom is 0.450 e. The lowest BCUT2D eigenvalue weighted by molar-refractivity contribution is -0.170. The number of hydrogen-bond donors (Lipinski definition) is 0. The topological polar surface area (TPSA) is 71.1 Å². The van der Waals surface area contributed by atoms with Gasteiger partial charge in [0.2, 0.25) is 11.6 Å². The Morgan fingerprint density at radius 3 is 0.964 bits per heavy atom. The van der Waals surface area contributed by atoms with Crippen LogP contribution in [0.2, 0.25) is 0 Å². The van der Waals surface area contributed by atoms with Gasteiger partial charge < -0.3 is 18.9 Å². The van der Waals surface area contributed by atoms with E-state index in [2.05, 4.69) is 0 Å². The number of rotatable bonds is 8. The summed E-state index contributed by atoms with van der Waals surface area (Å²) >= 11 is 0. The van der Waals surface area contributed by atoms with E-state index in [-0.39, 0.29) is 0 Å². The average molecular weight is 418 g/mol. The summed E-state index contributed by atoms with van der Waals surface area (Å²) in [7, 11) is 4.00. The van der Waals surface area contributed by atoms with Gasteiger partial charge in [-0.2, -0.15) is 26.3 Å². The minimum absolute atomic E-state index is 0.454. The van der Waals surface area contributed by atoms with Crippen LogP contribution in [-0.4, -0.2) is 52.4 Å². The summed E-state index contributed by atoms with van der Waals surface area (Å²) in [6.45, 7) is 0. The van der Waals surface area contributed by atoms with Crippen LogP contribution in [0.25, 0.3) is 0 Å². The van der Waals surface area contributed by atoms with Crippen molar-refractivity contribution in [2.75, 3.05) is 28.4 Å². The summed E-state index contributed by atoms with van der Waals surface area (Å²) in [5, 5.41) is 0. The molecule has 0 saturated carbocycles. The van der Waals surface area contributed by atoms with Gasteiger partial charge in [0.25, 0.3) is 0 Å². The Labute approximate surface area is 155 Å². The van der Waals surface area contributed by atoms with Crippen LogP contribution in [0.15, 0.2) is 0 Å². The molecular formula is C16H16F6O6. The number of carbonyl (C=O) groups is 2. The summed E-state index contributed by atoms with van der Waals surface area (Å²) in [6, 6.07) is 0. The number of benzene rings is 1. The molecular weight excluding hydrogens is 402 g/mol. The molecule has 0 amide bonds. The quantitative estimate of drug-likeness (QED) is 0.605. The van der Waals surface area contributed by atoms with Crippen molar-refractivity contribution in [3.05, 3.63) is 11.1 Å². The number of alkyl halides is 6. The highest BCUT2D eigenvalue weighted by Crippen LogP contribution is 2.49. The maximum atomic E-state index is 12.7. The van der Waals surface area contributed by atoms with Crippen molar-refractivity contribution in [3.8, 4) is 23.0 Å². The monoisotopic (exact) mass is 418 g/mol. The van der Waals surface area contributed by atoms with Crippen molar-refractivity contribution in [2.45, 2.75) is 25.2 Å². The molecule has 0 heterocycles. The Hall–Kier alpha value is -2.66. The number of Topliss-reactive ketones (excluding diaryl/α,β-unsaturated/α-hetero) is 2. The van der Waals surface area contributed by atoms with E-state index < -0.39 is 70.9 Å². The Balaban J connectivity index is 3.77. The Bertz CT molecular complexity index is 657. The lowest BCUT2D eigenvalue weighted by atomic mass is 9.97. The van der Waals surface area contributed by atoms with Crippen LogP contribution < -0.4 is 18.9 Å². The number of ether oxygens (including phenoxy) is 4. The Kier molecular flexibility index (Phi) is 7.15. The minimum atomic E-state index is -5.18. The van der Waals surface area contributed by atoms with Crippen molar-refractivity contribution in [2.24, 2.45) is 0 Å². The van der Waals surface area contributed by atoms with Gasteiger partial charge in [0, 0.05) is 12.8 Å². The van der Waals surface area contributed by atoms with Crippen molar-refractivity contribution in [1.82, 2.24) is 0 Å². The summed E-state index contributed by atoms with van der Waals surface area (Å²) < 4.78 is 96.0. The molecule has 0 unspecified atom stereocenters. The number of hydrogen-bond acceptors (Lipinski definition) is 6. The van der Waals surface area contributed by atoms with Gasteiger partial charge in [0.15, 0.2) is 23.0 Å². The van der Waals surface area contributed by atoms with E-state index in [4.69, 9.17) is 18.9 Å². The first-order chi connectivity index (χ1) is 12.8. The first-order valence-corrected chi connectivity index (χ1v) is 7.41. The molecule has 1 rings (SSSR count). The standard InChI is InChI=1S/C16H16F6O6/c1-25-11-7(5-9(23)15(17,18)19)13(27-3)14(28-4)8(12(11)26-2)6-10(24)16(20,21)22/h5-6H2,1-4H3. The first kappa shape index (κ1) is 23.4. The largest absolute Gasteiger partial charge is 0.492 e. The van der Waals surface area contributed by atoms with Crippen molar-refractivity contribution >= 4 is 11.6 Å². The van der Waals surface area contributed by atoms with Gasteiger partial charge in [0.05, 0.1) is 39.6 Å². The van der Waals surface area contributed by atoms with Crippen molar-refractivity contribution < 1.29 is 54.9 Å². The highest BCUT2D eigenvalue weighted by Gasteiger charge is 2.42. The molecule has 28 heavy (non-hydrogen) atoms. The fourth-order valence-electron chi connectivity index (χ4n) is 2.46. The van der Waals surface area contributed by atoms with Crippen molar-refractivity contribution in [1.29, 1.82) is 0 Å². The van der Waals surface area contributed by atoms with Gasteiger partial charge in [0.1, 0.15) is 0 Å². The molecule has 1 aromatic rings. The second kappa shape index (κ2) is 8.57. The molecule has 0 atom stereocenters. The smallest absolute Gasteiger partial charge is 0.450 e. The molecule has 0 fully saturated rings. The highest BCUT2D eigenvalue weighted by atomic mass is 19.4. The first-order valence-electron chi connectivity index (χ1n) is 7.41. The molecule has 0 aliphatic carbocycles. The third kappa shape index (κ3) is 4.78. The predicted molar refractivity (Wildman–Crippen MR) is 82.2 cm³/mol. The number of halogens is 6. The zero-order chi connectivity index (χ0) is 21.9. The van der Waals surface area contributed by atoms with Crippen LogP contribution in [0.5, 0.6) is 23.0 Å². The van der Waals surface area contributed by atoms with Gasteiger partial charge in [-0.15, -0.1) is 0 Å². The van der Waals surface area contributed by atoms with E-state index >= 15 is 0 Å². The van der Waals surface area contributed by atoms with E-state index in [1.165, 1.54) is 0 Å². The Morgan fingerprint density at radius 2 is 0.821 bits per heavy atom. The highest BCUT2D eigenvalue weighted by molar-refractivity contribution is 5.90. The summed E-state index contributed by atoms with van der Waals surface area (Å²) in [5.41, 5.74) is -0.909. The second-order valence-corrected chi connectivity index (χ2v) is 5.29. The summed E-state index contributed by atoms with van der Waals surface area (Å²) in [5.74, 6) is -6.25. The molecule has 0 aliphatic heterocycles. The van der Waals surface area contributed by atoms with E-state index in [0.29, 0.717) is 0 Å². The third-order valence-electron chi connectivity index (χ3n) is 3.63. The molecule has 0 radical (unpaired) electrons. The molecule has 0 spiro atoms. The molecule has 0 aromatic heterocycles. The summed E-state index contributed by atoms with van der Waals surface area (Å²) in [6.07, 6.45) is -12.9. The molecule has 0 N–H and O–H groups in total.